The van der Waals surface area contributed by atoms with E-state index in [0.29, 0.717) is 6.42 Å². The van der Waals surface area contributed by atoms with Crippen molar-refractivity contribution < 1.29 is 4.74 Å². The molecule has 0 spiro atoms. The van der Waals surface area contributed by atoms with E-state index in [2.05, 4.69) is 38.1 Å². The van der Waals surface area contributed by atoms with Gasteiger partial charge in [0.25, 0.3) is 0 Å². The molecule has 1 aromatic rings. The number of halogens is 1. The van der Waals surface area contributed by atoms with E-state index in [4.69, 9.17) is 4.74 Å². The largest absolute Gasteiger partial charge is 0.481 e. The van der Waals surface area contributed by atoms with Crippen molar-refractivity contribution in [1.82, 2.24) is 5.32 Å². The molecule has 1 N–H and O–H groups in total. The Kier molecular flexibility index (Phi) is 4.66. The van der Waals surface area contributed by atoms with Crippen LogP contribution in [-0.4, -0.2) is 25.0 Å². The number of nitrogens with zero attached hydrogens (tertiary/aromatic N) is 1. The molecule has 0 bridgehead atoms. The van der Waals surface area contributed by atoms with Crippen LogP contribution in [0.1, 0.15) is 13.3 Å². The highest BCUT2D eigenvalue weighted by molar-refractivity contribution is 9.10. The van der Waals surface area contributed by atoms with Crippen molar-refractivity contribution in [3.05, 3.63) is 28.7 Å². The third kappa shape index (κ3) is 3.51. The van der Waals surface area contributed by atoms with Gasteiger partial charge in [-0.2, -0.15) is 0 Å². The molecular formula is C14H15BrN2O. The van der Waals surface area contributed by atoms with Gasteiger partial charge in [0, 0.05) is 11.0 Å². The Morgan fingerprint density at radius 1 is 1.56 bits per heavy atom. The SMILES string of the molecule is CC#CCC(Oc1cccc(Br)c1)C1=NCCN1. The molecule has 1 aliphatic rings. The summed E-state index contributed by atoms with van der Waals surface area (Å²) in [5.74, 6) is 7.67. The molecule has 1 atom stereocenters. The van der Waals surface area contributed by atoms with Gasteiger partial charge in [-0.05, 0) is 25.1 Å². The zero-order valence-corrected chi connectivity index (χ0v) is 11.8. The molecule has 1 aromatic carbocycles. The maximum Gasteiger partial charge on any atom is 0.166 e. The topological polar surface area (TPSA) is 33.6 Å². The summed E-state index contributed by atoms with van der Waals surface area (Å²) in [7, 11) is 0. The molecule has 18 heavy (non-hydrogen) atoms. The second-order valence-electron chi connectivity index (χ2n) is 3.89. The van der Waals surface area contributed by atoms with Crippen molar-refractivity contribution in [2.45, 2.75) is 19.4 Å². The van der Waals surface area contributed by atoms with Crippen molar-refractivity contribution in [3.8, 4) is 17.6 Å². The number of benzene rings is 1. The fourth-order valence-corrected chi connectivity index (χ4v) is 2.10. The molecule has 0 aliphatic carbocycles. The Balaban J connectivity index is 2.10. The predicted molar refractivity (Wildman–Crippen MR) is 76.9 cm³/mol. The minimum atomic E-state index is -0.116. The van der Waals surface area contributed by atoms with E-state index >= 15 is 0 Å². The molecule has 0 saturated carbocycles. The molecule has 0 radical (unpaired) electrons. The highest BCUT2D eigenvalue weighted by Crippen LogP contribution is 2.20. The Morgan fingerprint density at radius 3 is 3.11 bits per heavy atom. The van der Waals surface area contributed by atoms with E-state index in [1.165, 1.54) is 0 Å². The van der Waals surface area contributed by atoms with Crippen molar-refractivity contribution in [1.29, 1.82) is 0 Å². The molecule has 2 rings (SSSR count). The fraction of sp³-hybridized carbons (Fsp3) is 0.357. The lowest BCUT2D eigenvalue weighted by molar-refractivity contribution is 0.269. The van der Waals surface area contributed by atoms with Gasteiger partial charge >= 0.3 is 0 Å². The summed E-state index contributed by atoms with van der Waals surface area (Å²) in [4.78, 5) is 4.41. The lowest BCUT2D eigenvalue weighted by Crippen LogP contribution is -2.35. The first kappa shape index (κ1) is 13.0. The van der Waals surface area contributed by atoms with Gasteiger partial charge in [0.05, 0.1) is 13.0 Å². The van der Waals surface area contributed by atoms with Crippen LogP contribution >= 0.6 is 15.9 Å². The Hall–Kier alpha value is -1.47. The van der Waals surface area contributed by atoms with Crippen molar-refractivity contribution in [2.24, 2.45) is 4.99 Å². The minimum absolute atomic E-state index is 0.116. The highest BCUT2D eigenvalue weighted by atomic mass is 79.9. The molecule has 3 nitrogen and oxygen atoms in total. The normalized spacial score (nSPS) is 15.1. The Morgan fingerprint density at radius 2 is 2.44 bits per heavy atom. The highest BCUT2D eigenvalue weighted by Gasteiger charge is 2.19. The average Bonchev–Trinajstić information content (AvgIpc) is 2.88. The lowest BCUT2D eigenvalue weighted by atomic mass is 10.2. The first-order valence-corrected chi connectivity index (χ1v) is 6.69. The van der Waals surface area contributed by atoms with E-state index in [9.17, 15) is 0 Å². The van der Waals surface area contributed by atoms with Crippen molar-refractivity contribution >= 4 is 21.8 Å². The summed E-state index contributed by atoms with van der Waals surface area (Å²) in [6.45, 7) is 3.53. The second-order valence-corrected chi connectivity index (χ2v) is 4.80. The van der Waals surface area contributed by atoms with Gasteiger partial charge in [0.2, 0.25) is 0 Å². The lowest BCUT2D eigenvalue weighted by Gasteiger charge is -2.17. The fourth-order valence-electron chi connectivity index (χ4n) is 1.73. The molecular weight excluding hydrogens is 292 g/mol. The van der Waals surface area contributed by atoms with Crippen LogP contribution in [0, 0.1) is 11.8 Å². The molecule has 1 heterocycles. The number of ether oxygens (including phenoxy) is 1. The van der Waals surface area contributed by atoms with Gasteiger partial charge in [0.15, 0.2) is 6.10 Å². The number of aliphatic imine (C=N–C) groups is 1. The van der Waals surface area contributed by atoms with Crippen molar-refractivity contribution in [2.75, 3.05) is 13.1 Å². The van der Waals surface area contributed by atoms with Crippen LogP contribution in [0.2, 0.25) is 0 Å². The molecule has 0 fully saturated rings. The minimum Gasteiger partial charge on any atom is -0.481 e. The van der Waals surface area contributed by atoms with E-state index in [1.807, 2.05) is 31.2 Å². The number of hydrogen-bond donors (Lipinski definition) is 1. The number of hydrogen-bond acceptors (Lipinski definition) is 3. The van der Waals surface area contributed by atoms with Crippen LogP contribution in [0.15, 0.2) is 33.7 Å². The molecule has 0 saturated heterocycles. The van der Waals surface area contributed by atoms with Crippen LogP contribution in [0.25, 0.3) is 0 Å². The Bertz CT molecular complexity index is 502. The van der Waals surface area contributed by atoms with Gasteiger partial charge in [-0.3, -0.25) is 4.99 Å². The molecule has 0 amide bonds. The number of rotatable bonds is 4. The smallest absolute Gasteiger partial charge is 0.166 e. The quantitative estimate of drug-likeness (QED) is 0.868. The average molecular weight is 307 g/mol. The van der Waals surface area contributed by atoms with Crippen LogP contribution in [0.5, 0.6) is 5.75 Å². The summed E-state index contributed by atoms with van der Waals surface area (Å²) in [5, 5.41) is 3.25. The summed E-state index contributed by atoms with van der Waals surface area (Å²) in [5.41, 5.74) is 0. The first-order chi connectivity index (χ1) is 8.79. The van der Waals surface area contributed by atoms with Gasteiger partial charge in [-0.1, -0.05) is 27.9 Å². The molecule has 0 aromatic heterocycles. The standard InChI is InChI=1S/C14H15BrN2O/c1-2-3-7-13(14-16-8-9-17-14)18-12-6-4-5-11(15)10-12/h4-6,10,13H,7-9H2,1H3,(H,16,17). The Labute approximate surface area is 116 Å². The number of nitrogens with one attached hydrogen (secondary N) is 1. The maximum absolute atomic E-state index is 5.96. The third-order valence-corrected chi connectivity index (χ3v) is 3.04. The zero-order chi connectivity index (χ0) is 12.8. The summed E-state index contributed by atoms with van der Waals surface area (Å²) < 4.78 is 6.96. The van der Waals surface area contributed by atoms with E-state index < -0.39 is 0 Å². The van der Waals surface area contributed by atoms with Gasteiger partial charge < -0.3 is 10.1 Å². The summed E-state index contributed by atoms with van der Waals surface area (Å²) in [6, 6.07) is 7.81. The van der Waals surface area contributed by atoms with Gasteiger partial charge in [0.1, 0.15) is 11.6 Å². The zero-order valence-electron chi connectivity index (χ0n) is 10.2. The van der Waals surface area contributed by atoms with E-state index in [0.717, 1.165) is 29.1 Å². The van der Waals surface area contributed by atoms with E-state index in [1.54, 1.807) is 0 Å². The molecule has 1 unspecified atom stereocenters. The van der Waals surface area contributed by atoms with Crippen molar-refractivity contribution in [3.63, 3.8) is 0 Å². The molecule has 1 aliphatic heterocycles. The monoisotopic (exact) mass is 306 g/mol. The molecule has 94 valence electrons. The van der Waals surface area contributed by atoms with Crippen LogP contribution in [-0.2, 0) is 0 Å². The summed E-state index contributed by atoms with van der Waals surface area (Å²) in [6.07, 6.45) is 0.531. The first-order valence-electron chi connectivity index (χ1n) is 5.89. The van der Waals surface area contributed by atoms with Gasteiger partial charge in [-0.25, -0.2) is 0 Å². The van der Waals surface area contributed by atoms with E-state index in [-0.39, 0.29) is 6.10 Å². The number of amidine groups is 1. The second kappa shape index (κ2) is 6.46. The van der Waals surface area contributed by atoms with Crippen LogP contribution in [0.4, 0.5) is 0 Å². The van der Waals surface area contributed by atoms with Crippen LogP contribution < -0.4 is 10.1 Å². The third-order valence-electron chi connectivity index (χ3n) is 2.54. The van der Waals surface area contributed by atoms with Gasteiger partial charge in [-0.15, -0.1) is 5.92 Å². The summed E-state index contributed by atoms with van der Waals surface area (Å²) >= 11 is 3.43. The maximum atomic E-state index is 5.96. The molecule has 4 heteroatoms. The predicted octanol–water partition coefficient (Wildman–Crippen LogP) is 2.61. The van der Waals surface area contributed by atoms with Crippen LogP contribution in [0.3, 0.4) is 0 Å².